The van der Waals surface area contributed by atoms with Crippen LogP contribution in [0.1, 0.15) is 60.8 Å². The standard InChI is InChI=1S/C19H13NO6/c1-19(2)13-9-5-8-12(14(13)18(24)25-19)17(23)26-20-15(21)10-6-3-4-7-11(10)16(20)22/h3-9H,1-2H3. The van der Waals surface area contributed by atoms with Gasteiger partial charge < -0.3 is 9.57 Å². The number of fused-ring (bicyclic) bond motifs is 2. The third kappa shape index (κ3) is 2.13. The molecule has 0 aromatic heterocycles. The van der Waals surface area contributed by atoms with Crippen LogP contribution in [0.15, 0.2) is 42.5 Å². The zero-order valence-corrected chi connectivity index (χ0v) is 13.9. The number of carbonyl (C=O) groups excluding carboxylic acids is 4. The van der Waals surface area contributed by atoms with Crippen LogP contribution in [0, 0.1) is 0 Å². The number of cyclic esters (lactones) is 1. The van der Waals surface area contributed by atoms with Crippen molar-refractivity contribution in [3.8, 4) is 0 Å². The summed E-state index contributed by atoms with van der Waals surface area (Å²) in [6, 6.07) is 10.8. The quantitative estimate of drug-likeness (QED) is 0.610. The van der Waals surface area contributed by atoms with Crippen LogP contribution in [0.4, 0.5) is 0 Å². The molecule has 2 heterocycles. The average Bonchev–Trinajstić information content (AvgIpc) is 3.00. The number of esters is 1. The number of imide groups is 1. The van der Waals surface area contributed by atoms with Gasteiger partial charge in [-0.05, 0) is 32.0 Å². The molecule has 7 nitrogen and oxygen atoms in total. The van der Waals surface area contributed by atoms with E-state index >= 15 is 0 Å². The normalized spacial score (nSPS) is 17.0. The summed E-state index contributed by atoms with van der Waals surface area (Å²) in [5.41, 5.74) is -0.000539. The van der Waals surface area contributed by atoms with Gasteiger partial charge in [0.15, 0.2) is 0 Å². The zero-order valence-electron chi connectivity index (χ0n) is 13.9. The Bertz CT molecular complexity index is 972. The number of rotatable bonds is 2. The fourth-order valence-electron chi connectivity index (χ4n) is 3.16. The summed E-state index contributed by atoms with van der Waals surface area (Å²) in [6.45, 7) is 3.41. The van der Waals surface area contributed by atoms with Crippen molar-refractivity contribution in [3.05, 3.63) is 70.3 Å². The second-order valence-corrected chi connectivity index (χ2v) is 6.46. The van der Waals surface area contributed by atoms with E-state index in [1.54, 1.807) is 38.1 Å². The van der Waals surface area contributed by atoms with Crippen LogP contribution < -0.4 is 0 Å². The molecule has 0 bridgehead atoms. The van der Waals surface area contributed by atoms with Crippen LogP contribution in [-0.4, -0.2) is 28.8 Å². The topological polar surface area (TPSA) is 90.0 Å². The number of amides is 2. The lowest BCUT2D eigenvalue weighted by molar-refractivity contribution is -0.0585. The molecule has 0 aliphatic carbocycles. The predicted molar refractivity (Wildman–Crippen MR) is 87.2 cm³/mol. The second-order valence-electron chi connectivity index (χ2n) is 6.46. The molecule has 0 radical (unpaired) electrons. The van der Waals surface area contributed by atoms with Gasteiger partial charge in [-0.15, -0.1) is 0 Å². The van der Waals surface area contributed by atoms with Gasteiger partial charge in [-0.3, -0.25) is 9.59 Å². The maximum Gasteiger partial charge on any atom is 0.364 e. The van der Waals surface area contributed by atoms with Gasteiger partial charge in [0.25, 0.3) is 11.8 Å². The Morgan fingerprint density at radius 1 is 0.962 bits per heavy atom. The maximum absolute atomic E-state index is 12.6. The van der Waals surface area contributed by atoms with Crippen LogP contribution in [-0.2, 0) is 15.2 Å². The third-order valence-corrected chi connectivity index (χ3v) is 4.42. The van der Waals surface area contributed by atoms with Crippen molar-refractivity contribution in [1.82, 2.24) is 5.06 Å². The molecule has 2 aliphatic rings. The monoisotopic (exact) mass is 351 g/mol. The molecule has 0 unspecified atom stereocenters. The molecule has 0 atom stereocenters. The van der Waals surface area contributed by atoms with Crippen molar-refractivity contribution >= 4 is 23.8 Å². The van der Waals surface area contributed by atoms with E-state index in [2.05, 4.69) is 0 Å². The molecule has 0 saturated heterocycles. The number of hydroxylamine groups is 2. The van der Waals surface area contributed by atoms with E-state index in [4.69, 9.17) is 9.57 Å². The maximum atomic E-state index is 12.6. The van der Waals surface area contributed by atoms with Crippen LogP contribution >= 0.6 is 0 Å². The molecule has 0 spiro atoms. The largest absolute Gasteiger partial charge is 0.451 e. The Balaban J connectivity index is 1.68. The predicted octanol–water partition coefficient (Wildman–Crippen LogP) is 2.46. The Hall–Kier alpha value is -3.48. The summed E-state index contributed by atoms with van der Waals surface area (Å²) in [6.07, 6.45) is 0. The molecule has 7 heteroatoms. The number of ether oxygens (including phenoxy) is 1. The van der Waals surface area contributed by atoms with Gasteiger partial charge >= 0.3 is 11.9 Å². The Morgan fingerprint density at radius 3 is 2.19 bits per heavy atom. The fraction of sp³-hybridized carbons (Fsp3) is 0.158. The molecule has 4 rings (SSSR count). The molecule has 130 valence electrons. The summed E-state index contributed by atoms with van der Waals surface area (Å²) in [4.78, 5) is 54.4. The van der Waals surface area contributed by atoms with Crippen molar-refractivity contribution in [1.29, 1.82) is 0 Å². The molecule has 2 amide bonds. The summed E-state index contributed by atoms with van der Waals surface area (Å²) in [5.74, 6) is -3.09. The van der Waals surface area contributed by atoms with E-state index < -0.39 is 29.4 Å². The second kappa shape index (κ2) is 5.26. The SMILES string of the molecule is CC1(C)OC(=O)c2c(C(=O)ON3C(=O)c4ccccc4C3=O)cccc21. The molecule has 0 saturated carbocycles. The third-order valence-electron chi connectivity index (χ3n) is 4.42. The minimum absolute atomic E-state index is 0.0605. The molecule has 2 aromatic carbocycles. The van der Waals surface area contributed by atoms with Crippen LogP contribution in [0.3, 0.4) is 0 Å². The Kier molecular flexibility index (Phi) is 3.24. The number of benzene rings is 2. The smallest absolute Gasteiger partial charge is 0.364 e. The number of hydrogen-bond acceptors (Lipinski definition) is 6. The lowest BCUT2D eigenvalue weighted by Gasteiger charge is -2.17. The molecule has 26 heavy (non-hydrogen) atoms. The fourth-order valence-corrected chi connectivity index (χ4v) is 3.16. The highest BCUT2D eigenvalue weighted by Crippen LogP contribution is 2.37. The summed E-state index contributed by atoms with van der Waals surface area (Å²) in [7, 11) is 0. The van der Waals surface area contributed by atoms with Crippen molar-refractivity contribution in [3.63, 3.8) is 0 Å². The van der Waals surface area contributed by atoms with E-state index in [9.17, 15) is 19.2 Å². The van der Waals surface area contributed by atoms with Gasteiger partial charge in [-0.25, -0.2) is 9.59 Å². The Morgan fingerprint density at radius 2 is 1.58 bits per heavy atom. The summed E-state index contributed by atoms with van der Waals surface area (Å²) in [5, 5.41) is 0.415. The van der Waals surface area contributed by atoms with Gasteiger partial charge in [0.1, 0.15) is 5.60 Å². The molecular weight excluding hydrogens is 338 g/mol. The summed E-state index contributed by atoms with van der Waals surface area (Å²) >= 11 is 0. The van der Waals surface area contributed by atoms with Crippen LogP contribution in [0.5, 0.6) is 0 Å². The van der Waals surface area contributed by atoms with E-state index in [0.29, 0.717) is 10.6 Å². The molecule has 2 aromatic rings. The zero-order chi connectivity index (χ0) is 18.6. The van der Waals surface area contributed by atoms with Gasteiger partial charge in [0.2, 0.25) is 0 Å². The van der Waals surface area contributed by atoms with Crippen LogP contribution in [0.2, 0.25) is 0 Å². The molecular formula is C19H13NO6. The van der Waals surface area contributed by atoms with E-state index in [-0.39, 0.29) is 22.3 Å². The minimum Gasteiger partial charge on any atom is -0.451 e. The first-order valence-electron chi connectivity index (χ1n) is 7.88. The van der Waals surface area contributed by atoms with Crippen molar-refractivity contribution in [2.45, 2.75) is 19.4 Å². The minimum atomic E-state index is -0.981. The lowest BCUT2D eigenvalue weighted by atomic mass is 9.93. The molecule has 2 aliphatic heterocycles. The van der Waals surface area contributed by atoms with Crippen molar-refractivity contribution < 1.29 is 28.8 Å². The highest BCUT2D eigenvalue weighted by Gasteiger charge is 2.43. The molecule has 0 fully saturated rings. The van der Waals surface area contributed by atoms with Gasteiger partial charge in [-0.1, -0.05) is 29.3 Å². The number of carbonyl (C=O) groups is 4. The van der Waals surface area contributed by atoms with Gasteiger partial charge in [-0.2, -0.15) is 0 Å². The highest BCUT2D eigenvalue weighted by atomic mass is 16.7. The van der Waals surface area contributed by atoms with Crippen molar-refractivity contribution in [2.24, 2.45) is 0 Å². The van der Waals surface area contributed by atoms with Crippen LogP contribution in [0.25, 0.3) is 0 Å². The van der Waals surface area contributed by atoms with E-state index in [1.165, 1.54) is 18.2 Å². The first-order valence-corrected chi connectivity index (χ1v) is 7.88. The average molecular weight is 351 g/mol. The first-order chi connectivity index (χ1) is 12.3. The highest BCUT2D eigenvalue weighted by molar-refractivity contribution is 6.21. The summed E-state index contributed by atoms with van der Waals surface area (Å²) < 4.78 is 5.28. The van der Waals surface area contributed by atoms with E-state index in [0.717, 1.165) is 0 Å². The van der Waals surface area contributed by atoms with E-state index in [1.807, 2.05) is 0 Å². The van der Waals surface area contributed by atoms with Gasteiger partial charge in [0.05, 0.1) is 22.3 Å². The molecule has 0 N–H and O–H groups in total. The van der Waals surface area contributed by atoms with Crippen molar-refractivity contribution in [2.75, 3.05) is 0 Å². The number of hydrogen-bond donors (Lipinski definition) is 0. The number of nitrogens with zero attached hydrogens (tertiary/aromatic N) is 1. The van der Waals surface area contributed by atoms with Gasteiger partial charge in [0, 0.05) is 5.56 Å². The lowest BCUT2D eigenvalue weighted by Crippen LogP contribution is -2.33. The first kappa shape index (κ1) is 16.0. The Labute approximate surface area is 148 Å².